The van der Waals surface area contributed by atoms with Crippen LogP contribution in [0.25, 0.3) is 0 Å². The second-order valence-electron chi connectivity index (χ2n) is 0.283. The van der Waals surface area contributed by atoms with Crippen LogP contribution in [-0.4, -0.2) is 16.4 Å². The Bertz CT molecular complexity index is 37.9. The van der Waals surface area contributed by atoms with Crippen LogP contribution >= 0.6 is 0 Å². The molecule has 0 aromatic carbocycles. The SMILES string of the molecule is N.O=C(O)O.[Cu].[Zr]. The molecular formula is CH5CuNO3Zr. The van der Waals surface area contributed by atoms with Crippen LogP contribution in [0.5, 0.6) is 0 Å². The van der Waals surface area contributed by atoms with Crippen molar-refractivity contribution < 1.29 is 58.3 Å². The molecule has 0 unspecified atom stereocenters. The first-order chi connectivity index (χ1) is 1.73. The minimum atomic E-state index is -1.83. The van der Waals surface area contributed by atoms with Gasteiger partial charge in [-0.2, -0.15) is 0 Å². The fourth-order valence-electron chi connectivity index (χ4n) is 0. The second-order valence-corrected chi connectivity index (χ2v) is 0.283. The topological polar surface area (TPSA) is 92.5 Å². The van der Waals surface area contributed by atoms with E-state index < -0.39 is 6.16 Å². The second kappa shape index (κ2) is 15.9. The molecule has 0 spiro atoms. The summed E-state index contributed by atoms with van der Waals surface area (Å²) in [6, 6.07) is 0. The molecule has 1 radical (unpaired) electrons. The van der Waals surface area contributed by atoms with Crippen LogP contribution in [-0.2, 0) is 43.3 Å². The Kier molecular flexibility index (Phi) is 58.0. The first-order valence-corrected chi connectivity index (χ1v) is 0.651. The van der Waals surface area contributed by atoms with Crippen molar-refractivity contribution in [2.45, 2.75) is 0 Å². The van der Waals surface area contributed by atoms with Crippen molar-refractivity contribution >= 4 is 6.16 Å². The van der Waals surface area contributed by atoms with E-state index in [1.165, 1.54) is 0 Å². The van der Waals surface area contributed by atoms with Crippen molar-refractivity contribution in [3.8, 4) is 0 Å². The quantitative estimate of drug-likeness (QED) is 0.528. The molecule has 0 aliphatic heterocycles. The molecule has 6 heteroatoms. The van der Waals surface area contributed by atoms with Crippen molar-refractivity contribution in [2.75, 3.05) is 0 Å². The zero-order chi connectivity index (χ0) is 3.58. The van der Waals surface area contributed by atoms with E-state index in [-0.39, 0.29) is 49.4 Å². The standard InChI is InChI=1S/CH2O3.Cu.H3N.Zr/c2-1(3)4;;;/h(H2,2,3,4);;1H3;. The Labute approximate surface area is 70.5 Å². The first kappa shape index (κ1) is 25.4. The van der Waals surface area contributed by atoms with Gasteiger partial charge in [0.2, 0.25) is 0 Å². The Morgan fingerprint density at radius 1 is 1.29 bits per heavy atom. The Morgan fingerprint density at radius 3 is 1.29 bits per heavy atom. The van der Waals surface area contributed by atoms with Gasteiger partial charge in [-0.05, 0) is 0 Å². The summed E-state index contributed by atoms with van der Waals surface area (Å²) in [7, 11) is 0. The monoisotopic (exact) mass is 232 g/mol. The van der Waals surface area contributed by atoms with E-state index in [1.807, 2.05) is 0 Å². The van der Waals surface area contributed by atoms with Crippen molar-refractivity contribution in [1.82, 2.24) is 6.15 Å². The molecule has 47 valence electrons. The zero-order valence-corrected chi connectivity index (χ0v) is 6.71. The molecule has 0 rings (SSSR count). The van der Waals surface area contributed by atoms with E-state index in [1.54, 1.807) is 0 Å². The molecular weight excluding hydrogens is 229 g/mol. The van der Waals surface area contributed by atoms with E-state index in [9.17, 15) is 0 Å². The number of hydrogen-bond donors (Lipinski definition) is 3. The van der Waals surface area contributed by atoms with E-state index in [0.29, 0.717) is 0 Å². The molecule has 0 aromatic heterocycles. The number of carboxylic acid groups (broad SMARTS) is 2. The van der Waals surface area contributed by atoms with Gasteiger partial charge < -0.3 is 16.4 Å². The third-order valence-corrected chi connectivity index (χ3v) is 0. The smallest absolute Gasteiger partial charge is 0.450 e. The van der Waals surface area contributed by atoms with Crippen LogP contribution in [0.3, 0.4) is 0 Å². The maximum Gasteiger partial charge on any atom is 0.503 e. The zero-order valence-electron chi connectivity index (χ0n) is 3.31. The molecule has 0 atom stereocenters. The van der Waals surface area contributed by atoms with E-state index in [2.05, 4.69) is 0 Å². The van der Waals surface area contributed by atoms with Gasteiger partial charge in [-0.1, -0.05) is 0 Å². The third kappa shape index (κ3) is 356. The summed E-state index contributed by atoms with van der Waals surface area (Å²) in [4.78, 5) is 8.56. The number of carbonyl (C=O) groups is 1. The largest absolute Gasteiger partial charge is 0.503 e. The van der Waals surface area contributed by atoms with E-state index in [0.717, 1.165) is 0 Å². The van der Waals surface area contributed by atoms with Crippen LogP contribution in [0.2, 0.25) is 0 Å². The summed E-state index contributed by atoms with van der Waals surface area (Å²) in [6.07, 6.45) is -1.83. The summed E-state index contributed by atoms with van der Waals surface area (Å²) >= 11 is 0. The molecule has 4 nitrogen and oxygen atoms in total. The number of rotatable bonds is 0. The first-order valence-electron chi connectivity index (χ1n) is 0.651. The van der Waals surface area contributed by atoms with Crippen molar-refractivity contribution in [3.05, 3.63) is 0 Å². The van der Waals surface area contributed by atoms with Crippen molar-refractivity contribution in [3.63, 3.8) is 0 Å². The Balaban J connectivity index is -0.0000000150. The summed E-state index contributed by atoms with van der Waals surface area (Å²) in [5.41, 5.74) is 0. The van der Waals surface area contributed by atoms with Gasteiger partial charge in [-0.15, -0.1) is 0 Å². The summed E-state index contributed by atoms with van der Waals surface area (Å²) in [5, 5.41) is 13.9. The average Bonchev–Trinajstić information content (AvgIpc) is 0.811. The molecule has 7 heavy (non-hydrogen) atoms. The predicted octanol–water partition coefficient (Wildman–Crippen LogP) is 0.379. The Hall–Kier alpha value is 0.633. The fraction of sp³-hybridized carbons (Fsp3) is 0. The van der Waals surface area contributed by atoms with Crippen LogP contribution in [0.4, 0.5) is 4.79 Å². The molecule has 0 amide bonds. The molecule has 0 bridgehead atoms. The summed E-state index contributed by atoms with van der Waals surface area (Å²) in [5.74, 6) is 0. The fourth-order valence-corrected chi connectivity index (χ4v) is 0. The van der Waals surface area contributed by atoms with Crippen molar-refractivity contribution in [1.29, 1.82) is 0 Å². The van der Waals surface area contributed by atoms with Gasteiger partial charge in [0.25, 0.3) is 0 Å². The number of hydrogen-bond acceptors (Lipinski definition) is 2. The molecule has 0 aliphatic carbocycles. The Morgan fingerprint density at radius 2 is 1.29 bits per heavy atom. The summed E-state index contributed by atoms with van der Waals surface area (Å²) < 4.78 is 0. The minimum Gasteiger partial charge on any atom is -0.450 e. The van der Waals surface area contributed by atoms with Gasteiger partial charge in [0.05, 0.1) is 0 Å². The summed E-state index contributed by atoms with van der Waals surface area (Å²) in [6.45, 7) is 0. The molecule has 5 N–H and O–H groups in total. The van der Waals surface area contributed by atoms with Crippen molar-refractivity contribution in [2.24, 2.45) is 0 Å². The molecule has 0 aliphatic rings. The van der Waals surface area contributed by atoms with Crippen LogP contribution < -0.4 is 6.15 Å². The molecule has 0 fully saturated rings. The van der Waals surface area contributed by atoms with E-state index >= 15 is 0 Å². The van der Waals surface area contributed by atoms with Crippen LogP contribution in [0, 0.1) is 0 Å². The van der Waals surface area contributed by atoms with Gasteiger partial charge in [0.15, 0.2) is 0 Å². The maximum atomic E-state index is 8.56. The molecule has 0 heterocycles. The van der Waals surface area contributed by atoms with Gasteiger partial charge in [-0.25, -0.2) is 4.79 Å². The third-order valence-electron chi connectivity index (χ3n) is 0. The predicted molar refractivity (Wildman–Crippen MR) is 15.7 cm³/mol. The van der Waals surface area contributed by atoms with Gasteiger partial charge >= 0.3 is 6.16 Å². The van der Waals surface area contributed by atoms with Crippen LogP contribution in [0.1, 0.15) is 0 Å². The van der Waals surface area contributed by atoms with Gasteiger partial charge in [0.1, 0.15) is 0 Å². The van der Waals surface area contributed by atoms with Crippen LogP contribution in [0.15, 0.2) is 0 Å². The average molecular weight is 234 g/mol. The normalized spacial score (nSPS) is 3.43. The van der Waals surface area contributed by atoms with E-state index in [4.69, 9.17) is 15.0 Å². The van der Waals surface area contributed by atoms with Gasteiger partial charge in [-0.3, -0.25) is 0 Å². The molecule has 0 saturated heterocycles. The molecule has 0 aromatic rings. The maximum absolute atomic E-state index is 8.56. The molecule has 0 saturated carbocycles. The minimum absolute atomic E-state index is 0. The van der Waals surface area contributed by atoms with Gasteiger partial charge in [0, 0.05) is 43.3 Å².